The summed E-state index contributed by atoms with van der Waals surface area (Å²) in [4.78, 5) is 0. The molecule has 0 heterocycles. The Bertz CT molecular complexity index is 15.9. The molecule has 0 atom stereocenters. The van der Waals surface area contributed by atoms with Crippen molar-refractivity contribution in [2.24, 2.45) is 0 Å². The second-order valence-electron chi connectivity index (χ2n) is 1.38. The van der Waals surface area contributed by atoms with Crippen LogP contribution in [0.15, 0.2) is 0 Å². The molecule has 0 radical (unpaired) electrons. The van der Waals surface area contributed by atoms with E-state index >= 15 is 0 Å². The summed E-state index contributed by atoms with van der Waals surface area (Å²) in [5.74, 6) is 0. The number of unbranched alkanes of at least 4 members (excludes halogenated alkanes) is 2. The van der Waals surface area contributed by atoms with Crippen molar-refractivity contribution >= 4 is 0 Å². The molecule has 0 aliphatic carbocycles. The van der Waals surface area contributed by atoms with E-state index in [1.807, 2.05) is 0 Å². The van der Waals surface area contributed by atoms with Crippen LogP contribution in [0.1, 0.15) is 26.2 Å². The van der Waals surface area contributed by atoms with Gasteiger partial charge in [-0.1, -0.05) is 0 Å². The first-order chi connectivity index (χ1) is 2.91. The molecule has 0 spiro atoms. The van der Waals surface area contributed by atoms with E-state index in [-0.39, 0.29) is 0 Å². The van der Waals surface area contributed by atoms with E-state index in [1.165, 1.54) is 24.3 Å². The zero-order valence-electron chi connectivity index (χ0n) is 4.18. The number of hydrogen-bond acceptors (Lipinski definition) is 0. The van der Waals surface area contributed by atoms with Crippen LogP contribution in [0.4, 0.5) is 0 Å². The summed E-state index contributed by atoms with van der Waals surface area (Å²) in [5.41, 5.74) is 0. The van der Waals surface area contributed by atoms with Crippen molar-refractivity contribution < 1.29 is 18.3 Å². The maximum atomic E-state index is 2.65. The van der Waals surface area contributed by atoms with E-state index < -0.39 is 0 Å². The van der Waals surface area contributed by atoms with Crippen LogP contribution in [0.5, 0.6) is 0 Å². The summed E-state index contributed by atoms with van der Waals surface area (Å²) in [7, 11) is 0. The summed E-state index contributed by atoms with van der Waals surface area (Å²) in [6.07, 6.45) is 4.12. The van der Waals surface area contributed by atoms with E-state index in [4.69, 9.17) is 0 Å². The van der Waals surface area contributed by atoms with E-state index in [2.05, 4.69) is 25.2 Å². The third-order valence-corrected chi connectivity index (χ3v) is 1.34. The van der Waals surface area contributed by atoms with Gasteiger partial charge in [0.2, 0.25) is 0 Å². The molecule has 0 aromatic heterocycles. The summed E-state index contributed by atoms with van der Waals surface area (Å²) in [5, 5.41) is 1.28. The Morgan fingerprint density at radius 3 is 2.17 bits per heavy atom. The molecule has 0 aromatic carbocycles. The predicted molar refractivity (Wildman–Crippen MR) is 24.3 cm³/mol. The van der Waals surface area contributed by atoms with Crippen LogP contribution >= 0.6 is 0 Å². The van der Waals surface area contributed by atoms with Crippen molar-refractivity contribution in [2.75, 3.05) is 0 Å². The van der Waals surface area contributed by atoms with Crippen molar-refractivity contribution in [1.82, 2.24) is 0 Å². The fourth-order valence-corrected chi connectivity index (χ4v) is 0.773. The first-order valence-corrected chi connectivity index (χ1v) is 3.69. The first-order valence-electron chi connectivity index (χ1n) is 2.46. The Kier molecular flexibility index (Phi) is 6.21. The van der Waals surface area contributed by atoms with Crippen LogP contribution in [-0.2, 0) is 18.3 Å². The van der Waals surface area contributed by atoms with E-state index in [1.54, 1.807) is 0 Å². The normalized spacial score (nSPS) is 9.00. The second-order valence-corrected chi connectivity index (χ2v) is 2.25. The van der Waals surface area contributed by atoms with Gasteiger partial charge in [-0.05, 0) is 0 Å². The molecule has 0 unspecified atom stereocenters. The quantitative estimate of drug-likeness (QED) is 0.452. The maximum absolute atomic E-state index is 2.65. The van der Waals surface area contributed by atoms with Crippen molar-refractivity contribution in [3.63, 3.8) is 0 Å². The van der Waals surface area contributed by atoms with Crippen LogP contribution in [0.25, 0.3) is 0 Å². The van der Waals surface area contributed by atoms with E-state index in [9.17, 15) is 0 Å². The van der Waals surface area contributed by atoms with Gasteiger partial charge in [-0.3, -0.25) is 0 Å². The topological polar surface area (TPSA) is 0 Å². The van der Waals surface area contributed by atoms with E-state index in [0.717, 1.165) is 0 Å². The van der Waals surface area contributed by atoms with Crippen molar-refractivity contribution in [1.29, 1.82) is 0 Å². The molecule has 0 aliphatic heterocycles. The van der Waals surface area contributed by atoms with Gasteiger partial charge < -0.3 is 0 Å². The van der Waals surface area contributed by atoms with Gasteiger partial charge in [-0.2, -0.15) is 0 Å². The SMILES string of the molecule is CCCC[CH2][Ru]. The Morgan fingerprint density at radius 1 is 1.33 bits per heavy atom. The minimum absolute atomic E-state index is 1.28. The summed E-state index contributed by atoms with van der Waals surface area (Å²) in [6, 6.07) is 0. The molecule has 0 fully saturated rings. The van der Waals surface area contributed by atoms with Gasteiger partial charge in [0, 0.05) is 0 Å². The summed E-state index contributed by atoms with van der Waals surface area (Å²) >= 11 is 2.65. The Morgan fingerprint density at radius 2 is 2.00 bits per heavy atom. The molecule has 0 aromatic rings. The molecule has 0 saturated carbocycles. The van der Waals surface area contributed by atoms with Crippen LogP contribution in [0.2, 0.25) is 5.02 Å². The molecule has 6 heavy (non-hydrogen) atoms. The van der Waals surface area contributed by atoms with Crippen LogP contribution < -0.4 is 0 Å². The zero-order chi connectivity index (χ0) is 4.83. The summed E-state index contributed by atoms with van der Waals surface area (Å²) < 4.78 is 0. The standard InChI is InChI=1S/C5H11.Ru/c1-3-5-4-2;/h1,3-5H2,2H3;. The van der Waals surface area contributed by atoms with Gasteiger partial charge in [0.15, 0.2) is 0 Å². The molecule has 0 bridgehead atoms. The van der Waals surface area contributed by atoms with Crippen LogP contribution in [0, 0.1) is 0 Å². The third kappa shape index (κ3) is 4.62. The number of hydrogen-bond donors (Lipinski definition) is 0. The summed E-state index contributed by atoms with van der Waals surface area (Å²) in [6.45, 7) is 2.22. The first kappa shape index (κ1) is 6.62. The molecule has 1 heteroatoms. The van der Waals surface area contributed by atoms with Crippen molar-refractivity contribution in [2.45, 2.75) is 31.2 Å². The molecule has 0 aliphatic rings. The monoisotopic (exact) mass is 173 g/mol. The van der Waals surface area contributed by atoms with Crippen LogP contribution in [0.3, 0.4) is 0 Å². The third-order valence-electron chi connectivity index (χ3n) is 0.729. The Labute approximate surface area is 50.0 Å². The second kappa shape index (κ2) is 5.62. The van der Waals surface area contributed by atoms with Gasteiger partial charge in [0.25, 0.3) is 0 Å². The van der Waals surface area contributed by atoms with Gasteiger partial charge in [-0.15, -0.1) is 0 Å². The van der Waals surface area contributed by atoms with Gasteiger partial charge in [0.05, 0.1) is 0 Å². The molecule has 0 rings (SSSR count). The van der Waals surface area contributed by atoms with E-state index in [0.29, 0.717) is 0 Å². The molecule has 0 N–H and O–H groups in total. The molecule has 39 valence electrons. The number of rotatable bonds is 3. The zero-order valence-corrected chi connectivity index (χ0v) is 5.92. The van der Waals surface area contributed by atoms with Crippen LogP contribution in [-0.4, -0.2) is 0 Å². The molecule has 0 nitrogen and oxygen atoms in total. The average Bonchev–Trinajstić information content (AvgIpc) is 1.61. The van der Waals surface area contributed by atoms with Crippen molar-refractivity contribution in [3.8, 4) is 0 Å². The molecule has 0 saturated heterocycles. The van der Waals surface area contributed by atoms with Gasteiger partial charge in [0.1, 0.15) is 0 Å². The van der Waals surface area contributed by atoms with Gasteiger partial charge >= 0.3 is 49.5 Å². The fourth-order valence-electron chi connectivity index (χ4n) is 0.338. The molecular weight excluding hydrogens is 161 g/mol. The van der Waals surface area contributed by atoms with Gasteiger partial charge in [-0.25, -0.2) is 0 Å². The molecule has 0 amide bonds. The van der Waals surface area contributed by atoms with Crippen molar-refractivity contribution in [3.05, 3.63) is 0 Å². The minimum atomic E-state index is 1.28. The Hall–Kier alpha value is 0.623. The average molecular weight is 172 g/mol. The molecular formula is C5H11Ru. The Balaban J connectivity index is 2.34. The predicted octanol–water partition coefficient (Wildman–Crippen LogP) is 2.14. The fraction of sp³-hybridized carbons (Fsp3) is 1.00.